The van der Waals surface area contributed by atoms with Gasteiger partial charge in [-0.15, -0.1) is 24.0 Å². The van der Waals surface area contributed by atoms with Crippen LogP contribution in [0.15, 0.2) is 29.3 Å². The summed E-state index contributed by atoms with van der Waals surface area (Å²) in [6.07, 6.45) is 1.40. The van der Waals surface area contributed by atoms with E-state index in [-0.39, 0.29) is 35.5 Å². The molecule has 0 unspecified atom stereocenters. The lowest BCUT2D eigenvalue weighted by Gasteiger charge is -2.15. The Kier molecular flexibility index (Phi) is 8.92. The van der Waals surface area contributed by atoms with Gasteiger partial charge in [-0.25, -0.2) is 17.1 Å². The third-order valence-corrected chi connectivity index (χ3v) is 5.66. The van der Waals surface area contributed by atoms with Crippen molar-refractivity contribution in [1.82, 2.24) is 14.9 Å². The molecule has 0 aromatic heterocycles. The molecule has 0 amide bonds. The molecular formula is C15H24FIN4O2S. The van der Waals surface area contributed by atoms with Crippen molar-refractivity contribution in [2.75, 3.05) is 32.4 Å². The highest BCUT2D eigenvalue weighted by molar-refractivity contribution is 14.0. The van der Waals surface area contributed by atoms with Crippen molar-refractivity contribution in [3.63, 3.8) is 0 Å². The van der Waals surface area contributed by atoms with Crippen molar-refractivity contribution in [2.45, 2.75) is 19.4 Å². The third kappa shape index (κ3) is 6.17. The lowest BCUT2D eigenvalue weighted by molar-refractivity contribution is 0.435. The lowest BCUT2D eigenvalue weighted by atomic mass is 10.2. The van der Waals surface area contributed by atoms with E-state index in [4.69, 9.17) is 0 Å². The minimum atomic E-state index is -3.03. The zero-order valence-corrected chi connectivity index (χ0v) is 16.8. The van der Waals surface area contributed by atoms with E-state index >= 15 is 0 Å². The fourth-order valence-electron chi connectivity index (χ4n) is 2.45. The summed E-state index contributed by atoms with van der Waals surface area (Å²) in [6, 6.07) is 6.57. The Morgan fingerprint density at radius 3 is 2.71 bits per heavy atom. The average Bonchev–Trinajstić information content (AvgIpc) is 2.87. The molecule has 24 heavy (non-hydrogen) atoms. The highest BCUT2D eigenvalue weighted by Gasteiger charge is 2.27. The highest BCUT2D eigenvalue weighted by Crippen LogP contribution is 2.12. The summed E-state index contributed by atoms with van der Waals surface area (Å²) < 4.78 is 38.4. The van der Waals surface area contributed by atoms with Crippen molar-refractivity contribution in [1.29, 1.82) is 0 Å². The molecule has 1 aliphatic heterocycles. The molecular weight excluding hydrogens is 446 g/mol. The molecule has 1 saturated heterocycles. The van der Waals surface area contributed by atoms with E-state index in [2.05, 4.69) is 15.6 Å². The molecule has 6 nitrogen and oxygen atoms in total. The van der Waals surface area contributed by atoms with Crippen LogP contribution in [-0.4, -0.2) is 51.1 Å². The van der Waals surface area contributed by atoms with Crippen LogP contribution in [0.1, 0.15) is 18.4 Å². The molecule has 0 aliphatic carbocycles. The van der Waals surface area contributed by atoms with Gasteiger partial charge in [-0.2, -0.15) is 0 Å². The number of rotatable bonds is 6. The van der Waals surface area contributed by atoms with E-state index < -0.39 is 10.0 Å². The maximum Gasteiger partial charge on any atom is 0.214 e. The Morgan fingerprint density at radius 2 is 2.08 bits per heavy atom. The van der Waals surface area contributed by atoms with Crippen molar-refractivity contribution in [2.24, 2.45) is 4.99 Å². The summed E-state index contributed by atoms with van der Waals surface area (Å²) in [7, 11) is -1.39. The predicted molar refractivity (Wildman–Crippen MR) is 105 cm³/mol. The fourth-order valence-corrected chi connectivity index (χ4v) is 4.01. The molecule has 1 fully saturated rings. The van der Waals surface area contributed by atoms with Crippen LogP contribution < -0.4 is 10.6 Å². The first kappa shape index (κ1) is 21.1. The van der Waals surface area contributed by atoms with E-state index in [1.165, 1.54) is 10.4 Å². The van der Waals surface area contributed by atoms with Crippen molar-refractivity contribution < 1.29 is 12.8 Å². The molecule has 1 heterocycles. The first-order valence-electron chi connectivity index (χ1n) is 7.68. The highest BCUT2D eigenvalue weighted by atomic mass is 127. The predicted octanol–water partition coefficient (Wildman–Crippen LogP) is 1.53. The van der Waals surface area contributed by atoms with Gasteiger partial charge in [-0.05, 0) is 18.9 Å². The van der Waals surface area contributed by atoms with E-state index in [0.717, 1.165) is 0 Å². The van der Waals surface area contributed by atoms with Crippen LogP contribution in [0, 0.1) is 5.82 Å². The van der Waals surface area contributed by atoms with Gasteiger partial charge < -0.3 is 10.6 Å². The van der Waals surface area contributed by atoms with Gasteiger partial charge in [0.2, 0.25) is 10.0 Å². The summed E-state index contributed by atoms with van der Waals surface area (Å²) in [5.74, 6) is 0.568. The quantitative estimate of drug-likeness (QED) is 0.286. The second-order valence-electron chi connectivity index (χ2n) is 5.37. The van der Waals surface area contributed by atoms with Crippen LogP contribution in [0.25, 0.3) is 0 Å². The molecule has 2 N–H and O–H groups in total. The molecule has 0 saturated carbocycles. The zero-order valence-electron chi connectivity index (χ0n) is 13.7. The summed E-state index contributed by atoms with van der Waals surface area (Å²) >= 11 is 0. The monoisotopic (exact) mass is 470 g/mol. The van der Waals surface area contributed by atoms with Gasteiger partial charge in [0.1, 0.15) is 5.82 Å². The Balaban J connectivity index is 0.00000288. The zero-order chi connectivity index (χ0) is 16.7. The molecule has 1 aromatic carbocycles. The molecule has 9 heteroatoms. The average molecular weight is 470 g/mol. The molecule has 136 valence electrons. The summed E-state index contributed by atoms with van der Waals surface area (Å²) in [4.78, 5) is 4.07. The Bertz CT molecular complexity index is 655. The smallest absolute Gasteiger partial charge is 0.214 e. The van der Waals surface area contributed by atoms with E-state index in [0.29, 0.717) is 50.5 Å². The van der Waals surface area contributed by atoms with Gasteiger partial charge in [0.05, 0.1) is 5.75 Å². The van der Waals surface area contributed by atoms with E-state index in [1.807, 2.05) is 0 Å². The Hall–Kier alpha value is -0.940. The summed E-state index contributed by atoms with van der Waals surface area (Å²) in [5.41, 5.74) is 0.568. The molecule has 0 bridgehead atoms. The number of nitrogens with one attached hydrogen (secondary N) is 2. The minimum absolute atomic E-state index is 0. The number of hydrogen-bond acceptors (Lipinski definition) is 3. The summed E-state index contributed by atoms with van der Waals surface area (Å²) in [6.45, 7) is 2.07. The molecule has 1 aliphatic rings. The van der Waals surface area contributed by atoms with Crippen molar-refractivity contribution in [3.8, 4) is 0 Å². The van der Waals surface area contributed by atoms with Gasteiger partial charge in [-0.3, -0.25) is 4.99 Å². The first-order chi connectivity index (χ1) is 11.0. The minimum Gasteiger partial charge on any atom is -0.356 e. The number of hydrogen-bond donors (Lipinski definition) is 2. The number of aliphatic imine (C=N–C) groups is 1. The largest absolute Gasteiger partial charge is 0.356 e. The Labute approximate surface area is 160 Å². The van der Waals surface area contributed by atoms with Crippen LogP contribution in [0.4, 0.5) is 4.39 Å². The third-order valence-electron chi connectivity index (χ3n) is 3.71. The number of benzene rings is 1. The molecule has 0 spiro atoms. The van der Waals surface area contributed by atoms with Gasteiger partial charge in [0.15, 0.2) is 5.96 Å². The normalized spacial score (nSPS) is 17.3. The standard InChI is InChI=1S/C15H23FN4O2S.HI/c1-17-15(19-12-13-6-2-3-7-14(13)16)18-8-4-9-20-10-5-11-23(20,21)22;/h2-3,6-7H,4-5,8-12H2,1H3,(H2,17,18,19);1H. The van der Waals surface area contributed by atoms with E-state index in [1.54, 1.807) is 25.2 Å². The topological polar surface area (TPSA) is 73.8 Å². The van der Waals surface area contributed by atoms with Gasteiger partial charge in [0, 0.05) is 38.8 Å². The van der Waals surface area contributed by atoms with Crippen LogP contribution in [0.3, 0.4) is 0 Å². The molecule has 0 atom stereocenters. The van der Waals surface area contributed by atoms with Crippen LogP contribution >= 0.6 is 24.0 Å². The Morgan fingerprint density at radius 1 is 1.33 bits per heavy atom. The molecule has 1 aromatic rings. The molecule has 0 radical (unpaired) electrons. The molecule has 2 rings (SSSR count). The number of halogens is 2. The van der Waals surface area contributed by atoms with Gasteiger partial charge >= 0.3 is 0 Å². The van der Waals surface area contributed by atoms with Gasteiger partial charge in [0.25, 0.3) is 0 Å². The maximum absolute atomic E-state index is 13.5. The van der Waals surface area contributed by atoms with Crippen LogP contribution in [0.2, 0.25) is 0 Å². The maximum atomic E-state index is 13.5. The lowest BCUT2D eigenvalue weighted by Crippen LogP contribution is -2.38. The van der Waals surface area contributed by atoms with Crippen LogP contribution in [-0.2, 0) is 16.6 Å². The number of nitrogens with zero attached hydrogens (tertiary/aromatic N) is 2. The number of guanidine groups is 1. The van der Waals surface area contributed by atoms with Crippen molar-refractivity contribution >= 4 is 40.0 Å². The van der Waals surface area contributed by atoms with Gasteiger partial charge in [-0.1, -0.05) is 18.2 Å². The SMILES string of the molecule is CN=C(NCCCN1CCCS1(=O)=O)NCc1ccccc1F.I. The van der Waals surface area contributed by atoms with E-state index in [9.17, 15) is 12.8 Å². The fraction of sp³-hybridized carbons (Fsp3) is 0.533. The second kappa shape index (κ2) is 10.1. The second-order valence-corrected chi connectivity index (χ2v) is 7.45. The number of sulfonamides is 1. The summed E-state index contributed by atoms with van der Waals surface area (Å²) in [5, 5.41) is 6.14. The van der Waals surface area contributed by atoms with Crippen LogP contribution in [0.5, 0.6) is 0 Å². The van der Waals surface area contributed by atoms with Crippen molar-refractivity contribution in [3.05, 3.63) is 35.6 Å². The first-order valence-corrected chi connectivity index (χ1v) is 9.29.